The number of amides is 1. The fourth-order valence-electron chi connectivity index (χ4n) is 3.13. The van der Waals surface area contributed by atoms with E-state index in [1.165, 1.54) is 11.3 Å². The Morgan fingerprint density at radius 2 is 2.12 bits per heavy atom. The molecule has 0 aliphatic carbocycles. The summed E-state index contributed by atoms with van der Waals surface area (Å²) in [6.07, 6.45) is 5.03. The fourth-order valence-corrected chi connectivity index (χ4v) is 3.95. The summed E-state index contributed by atoms with van der Waals surface area (Å²) in [5.74, 6) is 0.00388. The monoisotopic (exact) mass is 369 g/mol. The molecule has 2 aromatic heterocycles. The van der Waals surface area contributed by atoms with Crippen LogP contribution in [0, 0.1) is 5.92 Å². The number of hydrogen-bond donors (Lipinski definition) is 1. The van der Waals surface area contributed by atoms with Crippen LogP contribution in [0.2, 0.25) is 0 Å². The molecular formula is C19H19N3O3S. The lowest BCUT2D eigenvalue weighted by Crippen LogP contribution is -2.28. The molecule has 3 heterocycles. The van der Waals surface area contributed by atoms with Gasteiger partial charge in [0.05, 0.1) is 4.88 Å². The predicted octanol–water partition coefficient (Wildman–Crippen LogP) is 3.03. The van der Waals surface area contributed by atoms with Crippen LogP contribution in [-0.4, -0.2) is 28.7 Å². The Bertz CT molecular complexity index is 1020. The molecule has 4 rings (SSSR count). The topological polar surface area (TPSA) is 73.2 Å². The maximum atomic E-state index is 12.3. The summed E-state index contributed by atoms with van der Waals surface area (Å²) in [4.78, 5) is 29.8. The molecule has 1 fully saturated rings. The van der Waals surface area contributed by atoms with Crippen molar-refractivity contribution in [3.8, 4) is 10.4 Å². The summed E-state index contributed by atoms with van der Waals surface area (Å²) in [7, 11) is 1.74. The van der Waals surface area contributed by atoms with Gasteiger partial charge in [0.1, 0.15) is 0 Å². The van der Waals surface area contributed by atoms with E-state index in [-0.39, 0.29) is 17.4 Å². The number of nitrogens with zero attached hydrogens (tertiary/aromatic N) is 2. The number of anilines is 1. The van der Waals surface area contributed by atoms with Crippen molar-refractivity contribution in [1.29, 1.82) is 0 Å². The van der Waals surface area contributed by atoms with Gasteiger partial charge < -0.3 is 14.6 Å². The van der Waals surface area contributed by atoms with Gasteiger partial charge in [-0.1, -0.05) is 17.4 Å². The lowest BCUT2D eigenvalue weighted by Gasteiger charge is -2.20. The highest BCUT2D eigenvalue weighted by Gasteiger charge is 2.22. The van der Waals surface area contributed by atoms with Crippen LogP contribution in [-0.2, 0) is 16.6 Å². The van der Waals surface area contributed by atoms with E-state index in [4.69, 9.17) is 4.74 Å². The maximum Gasteiger partial charge on any atom is 0.258 e. The average Bonchev–Trinajstić information content (AvgIpc) is 3.14. The van der Waals surface area contributed by atoms with E-state index in [9.17, 15) is 9.59 Å². The zero-order chi connectivity index (χ0) is 18.1. The normalized spacial score (nSPS) is 15.3. The lowest BCUT2D eigenvalue weighted by atomic mass is 10.00. The van der Waals surface area contributed by atoms with E-state index < -0.39 is 0 Å². The highest BCUT2D eigenvalue weighted by molar-refractivity contribution is 7.19. The van der Waals surface area contributed by atoms with Crippen molar-refractivity contribution in [2.24, 2.45) is 13.0 Å². The molecule has 3 aromatic rings. The number of hydrogen-bond acceptors (Lipinski definition) is 5. The number of nitrogens with one attached hydrogen (secondary N) is 1. The minimum Gasteiger partial charge on any atom is -0.381 e. The molecule has 0 radical (unpaired) electrons. The third-order valence-corrected chi connectivity index (χ3v) is 5.65. The third-order valence-electron chi connectivity index (χ3n) is 4.69. The maximum absolute atomic E-state index is 12.3. The fraction of sp³-hybridized carbons (Fsp3) is 0.316. The molecule has 1 amide bonds. The van der Waals surface area contributed by atoms with Crippen LogP contribution in [0.5, 0.6) is 0 Å². The largest absolute Gasteiger partial charge is 0.381 e. The number of thiazole rings is 1. The molecule has 6 nitrogen and oxygen atoms in total. The molecule has 1 aliphatic rings. The van der Waals surface area contributed by atoms with Crippen LogP contribution in [0.1, 0.15) is 12.8 Å². The Labute approximate surface area is 154 Å². The molecule has 1 aliphatic heterocycles. The molecule has 0 unspecified atom stereocenters. The van der Waals surface area contributed by atoms with Crippen LogP contribution in [0.15, 0.2) is 41.5 Å². The first kappa shape index (κ1) is 16.9. The number of fused-ring (bicyclic) bond motifs is 1. The number of aromatic nitrogens is 2. The molecule has 1 N–H and O–H groups in total. The van der Waals surface area contributed by atoms with Gasteiger partial charge in [-0.05, 0) is 42.0 Å². The van der Waals surface area contributed by atoms with E-state index in [2.05, 4.69) is 10.3 Å². The van der Waals surface area contributed by atoms with Gasteiger partial charge in [-0.2, -0.15) is 0 Å². The molecule has 134 valence electrons. The number of carbonyl (C=O) groups is 1. The Morgan fingerprint density at radius 1 is 1.31 bits per heavy atom. The predicted molar refractivity (Wildman–Crippen MR) is 102 cm³/mol. The van der Waals surface area contributed by atoms with Crippen molar-refractivity contribution in [2.45, 2.75) is 12.8 Å². The Hall–Kier alpha value is -2.51. The summed E-state index contributed by atoms with van der Waals surface area (Å²) < 4.78 is 6.86. The molecule has 7 heteroatoms. The standard InChI is InChI=1S/C19H19N3O3S/c1-22-7-4-13-10-14(2-3-15(13)18(22)24)16-11-20-19(26-16)21-17(23)12-5-8-25-9-6-12/h2-4,7,10-12H,5-6,8-9H2,1H3,(H,20,21,23). The SMILES string of the molecule is Cn1ccc2cc(-c3cnc(NC(=O)C4CCOCC4)s3)ccc2c1=O. The molecule has 0 bridgehead atoms. The van der Waals surface area contributed by atoms with Gasteiger partial charge >= 0.3 is 0 Å². The second-order valence-corrected chi connectivity index (χ2v) is 7.47. The van der Waals surface area contributed by atoms with Crippen molar-refractivity contribution in [1.82, 2.24) is 9.55 Å². The summed E-state index contributed by atoms with van der Waals surface area (Å²) in [5, 5.41) is 5.10. The Kier molecular flexibility index (Phi) is 4.57. The third kappa shape index (κ3) is 3.27. The van der Waals surface area contributed by atoms with Crippen molar-refractivity contribution >= 4 is 33.1 Å². The van der Waals surface area contributed by atoms with Gasteiger partial charge in [0.15, 0.2) is 5.13 Å². The van der Waals surface area contributed by atoms with Crippen molar-refractivity contribution < 1.29 is 9.53 Å². The molecule has 26 heavy (non-hydrogen) atoms. The lowest BCUT2D eigenvalue weighted by molar-refractivity contribution is -0.122. The zero-order valence-electron chi connectivity index (χ0n) is 14.4. The molecular weight excluding hydrogens is 350 g/mol. The van der Waals surface area contributed by atoms with Crippen LogP contribution < -0.4 is 10.9 Å². The molecule has 0 atom stereocenters. The van der Waals surface area contributed by atoms with Crippen LogP contribution in [0.3, 0.4) is 0 Å². The second-order valence-electron chi connectivity index (χ2n) is 6.44. The number of carbonyl (C=O) groups excluding carboxylic acids is 1. The molecule has 1 aromatic carbocycles. The van der Waals surface area contributed by atoms with Gasteiger partial charge in [0.25, 0.3) is 5.56 Å². The van der Waals surface area contributed by atoms with E-state index in [1.807, 2.05) is 24.3 Å². The van der Waals surface area contributed by atoms with Gasteiger partial charge in [-0.15, -0.1) is 0 Å². The first-order chi connectivity index (χ1) is 12.6. The van der Waals surface area contributed by atoms with E-state index >= 15 is 0 Å². The molecule has 0 spiro atoms. The first-order valence-electron chi connectivity index (χ1n) is 8.56. The summed E-state index contributed by atoms with van der Waals surface area (Å²) in [5.41, 5.74) is 0.970. The molecule has 0 saturated carbocycles. The highest BCUT2D eigenvalue weighted by atomic mass is 32.1. The summed E-state index contributed by atoms with van der Waals surface area (Å²) >= 11 is 1.44. The van der Waals surface area contributed by atoms with Crippen molar-refractivity contribution in [3.63, 3.8) is 0 Å². The van der Waals surface area contributed by atoms with Crippen LogP contribution >= 0.6 is 11.3 Å². The summed E-state index contributed by atoms with van der Waals surface area (Å²) in [6, 6.07) is 7.66. The minimum absolute atomic E-state index is 0.00650. The van der Waals surface area contributed by atoms with Gasteiger partial charge in [-0.25, -0.2) is 4.98 Å². The average molecular weight is 369 g/mol. The Balaban J connectivity index is 1.56. The first-order valence-corrected chi connectivity index (χ1v) is 9.38. The van der Waals surface area contributed by atoms with Crippen LogP contribution in [0.25, 0.3) is 21.2 Å². The van der Waals surface area contributed by atoms with E-state index in [0.717, 1.165) is 28.7 Å². The highest BCUT2D eigenvalue weighted by Crippen LogP contribution is 2.31. The van der Waals surface area contributed by atoms with Crippen molar-refractivity contribution in [2.75, 3.05) is 18.5 Å². The number of benzene rings is 1. The van der Waals surface area contributed by atoms with E-state index in [0.29, 0.717) is 23.7 Å². The minimum atomic E-state index is -0.0113. The number of rotatable bonds is 3. The van der Waals surface area contributed by atoms with Crippen molar-refractivity contribution in [3.05, 3.63) is 47.0 Å². The van der Waals surface area contributed by atoms with E-state index in [1.54, 1.807) is 24.0 Å². The van der Waals surface area contributed by atoms with Crippen LogP contribution in [0.4, 0.5) is 5.13 Å². The number of ether oxygens (including phenoxy) is 1. The molecule has 1 saturated heterocycles. The Morgan fingerprint density at radius 3 is 2.92 bits per heavy atom. The van der Waals surface area contributed by atoms with Gasteiger partial charge in [0, 0.05) is 44.0 Å². The quantitative estimate of drug-likeness (QED) is 0.770. The smallest absolute Gasteiger partial charge is 0.258 e. The number of aryl methyl sites for hydroxylation is 1. The zero-order valence-corrected chi connectivity index (χ0v) is 15.2. The van der Waals surface area contributed by atoms with Gasteiger partial charge in [-0.3, -0.25) is 9.59 Å². The van der Waals surface area contributed by atoms with Gasteiger partial charge in [0.2, 0.25) is 5.91 Å². The second kappa shape index (κ2) is 7.01. The number of pyridine rings is 1. The summed E-state index contributed by atoms with van der Waals surface area (Å²) in [6.45, 7) is 1.27.